The van der Waals surface area contributed by atoms with Gasteiger partial charge in [0.05, 0.1) is 6.04 Å². The molecule has 2 aliphatic rings. The Hall–Kier alpha value is -0.570. The second-order valence-electron chi connectivity index (χ2n) is 4.82. The molecule has 3 N–H and O–H groups in total. The number of primary amides is 1. The quantitative estimate of drug-likeness (QED) is 0.705. The van der Waals surface area contributed by atoms with Gasteiger partial charge >= 0.3 is 0 Å². The highest BCUT2D eigenvalue weighted by molar-refractivity contribution is 5.79. The molecule has 2 rings (SSSR count). The summed E-state index contributed by atoms with van der Waals surface area (Å²) in [5, 5.41) is 3.18. The van der Waals surface area contributed by atoms with Crippen LogP contribution in [0.1, 0.15) is 38.5 Å². The number of carbonyl (C=O) groups excluding carboxylic acids is 1. The third-order valence-corrected chi connectivity index (χ3v) is 3.54. The van der Waals surface area contributed by atoms with Gasteiger partial charge in [-0.2, -0.15) is 0 Å². The minimum absolute atomic E-state index is 0.0621. The highest BCUT2D eigenvalue weighted by Crippen LogP contribution is 2.36. The summed E-state index contributed by atoms with van der Waals surface area (Å²) >= 11 is 0. The number of nitrogens with one attached hydrogen (secondary N) is 1. The first kappa shape index (κ1) is 9.97. The van der Waals surface area contributed by atoms with Crippen LogP contribution in [0, 0.1) is 11.8 Å². The summed E-state index contributed by atoms with van der Waals surface area (Å²) in [6, 6.07) is -0.0621. The second-order valence-corrected chi connectivity index (χ2v) is 4.82. The lowest BCUT2D eigenvalue weighted by molar-refractivity contribution is -0.120. The number of nitrogens with two attached hydrogens (primary N) is 1. The van der Waals surface area contributed by atoms with Crippen LogP contribution in [0.2, 0.25) is 0 Å². The Bertz CT molecular complexity index is 213. The average molecular weight is 196 g/mol. The van der Waals surface area contributed by atoms with Gasteiger partial charge in [-0.1, -0.05) is 25.7 Å². The zero-order chi connectivity index (χ0) is 9.97. The van der Waals surface area contributed by atoms with Gasteiger partial charge in [-0.3, -0.25) is 4.79 Å². The number of carbonyl (C=O) groups is 1. The molecule has 1 saturated carbocycles. The van der Waals surface area contributed by atoms with Gasteiger partial charge in [-0.15, -0.1) is 0 Å². The Labute approximate surface area is 85.4 Å². The van der Waals surface area contributed by atoms with Crippen molar-refractivity contribution in [2.75, 3.05) is 6.54 Å². The molecule has 3 heteroatoms. The lowest BCUT2D eigenvalue weighted by atomic mass is 9.88. The van der Waals surface area contributed by atoms with Crippen LogP contribution < -0.4 is 11.1 Å². The van der Waals surface area contributed by atoms with Crippen LogP contribution in [0.25, 0.3) is 0 Å². The fourth-order valence-corrected chi connectivity index (χ4v) is 2.35. The van der Waals surface area contributed by atoms with Gasteiger partial charge in [0.25, 0.3) is 0 Å². The van der Waals surface area contributed by atoms with Crippen LogP contribution >= 0.6 is 0 Å². The molecule has 1 heterocycles. The van der Waals surface area contributed by atoms with Crippen LogP contribution in [0.4, 0.5) is 0 Å². The van der Waals surface area contributed by atoms with Crippen molar-refractivity contribution in [3.05, 3.63) is 0 Å². The van der Waals surface area contributed by atoms with E-state index in [0.717, 1.165) is 24.8 Å². The molecule has 0 aromatic rings. The lowest BCUT2D eigenvalue weighted by Gasteiger charge is -2.28. The molecule has 0 aromatic carbocycles. The normalized spacial score (nSPS) is 32.9. The van der Waals surface area contributed by atoms with Gasteiger partial charge in [0, 0.05) is 0 Å². The van der Waals surface area contributed by atoms with Crippen molar-refractivity contribution < 1.29 is 4.79 Å². The van der Waals surface area contributed by atoms with Gasteiger partial charge in [0.15, 0.2) is 0 Å². The molecule has 1 aliphatic heterocycles. The van der Waals surface area contributed by atoms with E-state index in [1.807, 2.05) is 0 Å². The summed E-state index contributed by atoms with van der Waals surface area (Å²) in [6.45, 7) is 0.961. The first-order valence-electron chi connectivity index (χ1n) is 5.78. The van der Waals surface area contributed by atoms with E-state index in [9.17, 15) is 4.79 Å². The number of rotatable bonds is 4. The fourth-order valence-electron chi connectivity index (χ4n) is 2.35. The Morgan fingerprint density at radius 2 is 1.93 bits per heavy atom. The van der Waals surface area contributed by atoms with E-state index in [1.165, 1.54) is 32.1 Å². The maximum atomic E-state index is 11.0. The van der Waals surface area contributed by atoms with Crippen LogP contribution in [-0.2, 0) is 4.79 Å². The van der Waals surface area contributed by atoms with Crippen LogP contribution in [0.15, 0.2) is 0 Å². The van der Waals surface area contributed by atoms with E-state index in [4.69, 9.17) is 5.73 Å². The van der Waals surface area contributed by atoms with Crippen LogP contribution in [0.5, 0.6) is 0 Å². The van der Waals surface area contributed by atoms with Crippen molar-refractivity contribution >= 4 is 5.91 Å². The van der Waals surface area contributed by atoms with Gasteiger partial charge in [0.1, 0.15) is 0 Å². The van der Waals surface area contributed by atoms with E-state index >= 15 is 0 Å². The summed E-state index contributed by atoms with van der Waals surface area (Å²) in [4.78, 5) is 11.0. The Morgan fingerprint density at radius 1 is 1.21 bits per heavy atom. The zero-order valence-corrected chi connectivity index (χ0v) is 8.67. The molecule has 0 radical (unpaired) electrons. The molecule has 14 heavy (non-hydrogen) atoms. The topological polar surface area (TPSA) is 55.1 Å². The first-order valence-corrected chi connectivity index (χ1v) is 5.78. The average Bonchev–Trinajstić information content (AvgIpc) is 2.99. The Kier molecular flexibility index (Phi) is 3.06. The molecule has 2 atom stereocenters. The summed E-state index contributed by atoms with van der Waals surface area (Å²) in [7, 11) is 0. The van der Waals surface area contributed by atoms with E-state index in [2.05, 4.69) is 5.32 Å². The van der Waals surface area contributed by atoms with Crippen molar-refractivity contribution in [1.29, 1.82) is 0 Å². The molecule has 2 fully saturated rings. The van der Waals surface area contributed by atoms with Crippen molar-refractivity contribution in [3.8, 4) is 0 Å². The largest absolute Gasteiger partial charge is 0.368 e. The maximum Gasteiger partial charge on any atom is 0.234 e. The molecule has 0 spiro atoms. The highest BCUT2D eigenvalue weighted by atomic mass is 16.1. The van der Waals surface area contributed by atoms with Crippen molar-refractivity contribution in [3.63, 3.8) is 0 Å². The lowest BCUT2D eigenvalue weighted by Crippen LogP contribution is -2.46. The molecule has 1 amide bonds. The maximum absolute atomic E-state index is 11.0. The van der Waals surface area contributed by atoms with Crippen molar-refractivity contribution in [2.24, 2.45) is 17.6 Å². The third kappa shape index (κ3) is 2.71. The summed E-state index contributed by atoms with van der Waals surface area (Å²) in [5.41, 5.74) is 5.30. The van der Waals surface area contributed by atoms with Crippen LogP contribution in [-0.4, -0.2) is 18.5 Å². The van der Waals surface area contributed by atoms with Gasteiger partial charge in [-0.05, 0) is 31.2 Å². The highest BCUT2D eigenvalue weighted by Gasteiger charge is 2.27. The number of hydrogen-bond donors (Lipinski definition) is 2. The Balaban J connectivity index is 1.72. The minimum Gasteiger partial charge on any atom is -0.368 e. The summed E-state index contributed by atoms with van der Waals surface area (Å²) in [5.74, 6) is 1.56. The van der Waals surface area contributed by atoms with E-state index in [-0.39, 0.29) is 11.9 Å². The number of hydrogen-bond acceptors (Lipinski definition) is 2. The number of piperidine rings is 1. The van der Waals surface area contributed by atoms with E-state index in [0.29, 0.717) is 0 Å². The first-order chi connectivity index (χ1) is 6.75. The SMILES string of the molecule is NC(=O)C1CC(CCC2CC2)CCN1. The molecular formula is C11H20N2O. The van der Waals surface area contributed by atoms with Crippen molar-refractivity contribution in [1.82, 2.24) is 5.32 Å². The number of amides is 1. The van der Waals surface area contributed by atoms with Crippen molar-refractivity contribution in [2.45, 2.75) is 44.6 Å². The van der Waals surface area contributed by atoms with E-state index in [1.54, 1.807) is 0 Å². The zero-order valence-electron chi connectivity index (χ0n) is 8.67. The standard InChI is InChI=1S/C11H20N2O/c12-11(14)10-7-9(5-6-13-10)4-3-8-1-2-8/h8-10,13H,1-7H2,(H2,12,14). The van der Waals surface area contributed by atoms with Crippen LogP contribution in [0.3, 0.4) is 0 Å². The minimum atomic E-state index is -0.180. The predicted octanol–water partition coefficient (Wildman–Crippen LogP) is 1.03. The van der Waals surface area contributed by atoms with Gasteiger partial charge in [0.2, 0.25) is 5.91 Å². The molecular weight excluding hydrogens is 176 g/mol. The monoisotopic (exact) mass is 196 g/mol. The smallest absolute Gasteiger partial charge is 0.234 e. The Morgan fingerprint density at radius 3 is 2.57 bits per heavy atom. The summed E-state index contributed by atoms with van der Waals surface area (Å²) < 4.78 is 0. The third-order valence-electron chi connectivity index (χ3n) is 3.54. The summed E-state index contributed by atoms with van der Waals surface area (Å²) in [6.07, 6.45) is 7.72. The molecule has 2 unspecified atom stereocenters. The molecule has 1 saturated heterocycles. The van der Waals surface area contributed by atoms with E-state index < -0.39 is 0 Å². The molecule has 0 aromatic heterocycles. The molecule has 3 nitrogen and oxygen atoms in total. The molecule has 1 aliphatic carbocycles. The van der Waals surface area contributed by atoms with Gasteiger partial charge in [-0.25, -0.2) is 0 Å². The predicted molar refractivity (Wildman–Crippen MR) is 55.7 cm³/mol. The molecule has 80 valence electrons. The molecule has 0 bridgehead atoms. The fraction of sp³-hybridized carbons (Fsp3) is 0.909. The second kappa shape index (κ2) is 4.30. The van der Waals surface area contributed by atoms with Gasteiger partial charge < -0.3 is 11.1 Å².